The largest absolute Gasteiger partial charge is 0.496 e. The summed E-state index contributed by atoms with van der Waals surface area (Å²) in [5.74, 6) is 0.909. The molecule has 4 heteroatoms. The summed E-state index contributed by atoms with van der Waals surface area (Å²) in [6, 6.07) is 8.22. The zero-order valence-corrected chi connectivity index (χ0v) is 11.1. The summed E-state index contributed by atoms with van der Waals surface area (Å²) in [4.78, 5) is 0. The Morgan fingerprint density at radius 3 is 2.89 bits per heavy atom. The van der Waals surface area contributed by atoms with Gasteiger partial charge in [-0.1, -0.05) is 17.7 Å². The predicted octanol–water partition coefficient (Wildman–Crippen LogP) is 1.97. The Hall–Kier alpha value is -1.81. The van der Waals surface area contributed by atoms with Crippen molar-refractivity contribution in [2.45, 2.75) is 20.0 Å². The van der Waals surface area contributed by atoms with Gasteiger partial charge in [0.25, 0.3) is 0 Å². The summed E-state index contributed by atoms with van der Waals surface area (Å²) in [5.41, 5.74) is 3.43. The number of benzene rings is 1. The molecule has 0 unspecified atom stereocenters. The lowest BCUT2D eigenvalue weighted by Crippen LogP contribution is -2.08. The average Bonchev–Trinajstić information content (AvgIpc) is 2.77. The molecule has 0 spiro atoms. The van der Waals surface area contributed by atoms with E-state index in [0.29, 0.717) is 0 Å². The van der Waals surface area contributed by atoms with Gasteiger partial charge in [-0.25, -0.2) is 0 Å². The number of nitrogens with one attached hydrogen (secondary N) is 1. The van der Waals surface area contributed by atoms with Crippen molar-refractivity contribution in [3.8, 4) is 5.75 Å². The van der Waals surface area contributed by atoms with Gasteiger partial charge in [-0.3, -0.25) is 4.68 Å². The fourth-order valence-electron chi connectivity index (χ4n) is 1.97. The van der Waals surface area contributed by atoms with Crippen molar-refractivity contribution in [2.75, 3.05) is 14.2 Å². The highest BCUT2D eigenvalue weighted by Crippen LogP contribution is 2.20. The summed E-state index contributed by atoms with van der Waals surface area (Å²) >= 11 is 0. The van der Waals surface area contributed by atoms with Crippen molar-refractivity contribution < 1.29 is 4.74 Å². The second-order valence-electron chi connectivity index (χ2n) is 4.35. The number of rotatable bonds is 5. The minimum atomic E-state index is 0.731. The molecule has 0 saturated carbocycles. The van der Waals surface area contributed by atoms with Crippen LogP contribution >= 0.6 is 0 Å². The standard InChI is InChI=1S/C14H19N3O/c1-11-4-5-14(18-3)12(8-11)10-17-7-6-13(16-17)9-15-2/h4-8,15H,9-10H2,1-3H3. The van der Waals surface area contributed by atoms with Crippen LogP contribution in [0, 0.1) is 6.92 Å². The van der Waals surface area contributed by atoms with Crippen molar-refractivity contribution >= 4 is 0 Å². The van der Waals surface area contributed by atoms with Crippen LogP contribution in [0.15, 0.2) is 30.5 Å². The highest BCUT2D eigenvalue weighted by molar-refractivity contribution is 5.36. The summed E-state index contributed by atoms with van der Waals surface area (Å²) in [6.07, 6.45) is 1.99. The van der Waals surface area contributed by atoms with E-state index >= 15 is 0 Å². The van der Waals surface area contributed by atoms with Crippen LogP contribution in [0.2, 0.25) is 0 Å². The molecule has 0 radical (unpaired) electrons. The molecular weight excluding hydrogens is 226 g/mol. The lowest BCUT2D eigenvalue weighted by Gasteiger charge is -2.09. The maximum Gasteiger partial charge on any atom is 0.123 e. The highest BCUT2D eigenvalue weighted by atomic mass is 16.5. The third-order valence-electron chi connectivity index (χ3n) is 2.82. The molecule has 0 amide bonds. The van der Waals surface area contributed by atoms with Crippen molar-refractivity contribution in [3.05, 3.63) is 47.3 Å². The van der Waals surface area contributed by atoms with Crippen LogP contribution in [0.5, 0.6) is 5.75 Å². The van der Waals surface area contributed by atoms with Crippen molar-refractivity contribution in [1.82, 2.24) is 15.1 Å². The third-order valence-corrected chi connectivity index (χ3v) is 2.82. The SMILES string of the molecule is CNCc1ccn(Cc2cc(C)ccc2OC)n1. The molecule has 18 heavy (non-hydrogen) atoms. The molecule has 4 nitrogen and oxygen atoms in total. The van der Waals surface area contributed by atoms with E-state index in [4.69, 9.17) is 4.74 Å². The minimum absolute atomic E-state index is 0.731. The van der Waals surface area contributed by atoms with E-state index in [-0.39, 0.29) is 0 Å². The van der Waals surface area contributed by atoms with Crippen molar-refractivity contribution in [3.63, 3.8) is 0 Å². The molecule has 1 heterocycles. The first-order valence-electron chi connectivity index (χ1n) is 6.03. The zero-order chi connectivity index (χ0) is 13.0. The molecule has 0 atom stereocenters. The molecule has 0 bridgehead atoms. The lowest BCUT2D eigenvalue weighted by atomic mass is 10.1. The van der Waals surface area contributed by atoms with Gasteiger partial charge in [0.05, 0.1) is 19.3 Å². The van der Waals surface area contributed by atoms with Gasteiger partial charge in [-0.05, 0) is 26.1 Å². The van der Waals surface area contributed by atoms with Crippen LogP contribution in [-0.4, -0.2) is 23.9 Å². The molecule has 0 saturated heterocycles. The second kappa shape index (κ2) is 5.69. The van der Waals surface area contributed by atoms with Crippen molar-refractivity contribution in [1.29, 1.82) is 0 Å². The van der Waals surface area contributed by atoms with E-state index in [1.54, 1.807) is 7.11 Å². The number of nitrogens with zero attached hydrogens (tertiary/aromatic N) is 2. The van der Waals surface area contributed by atoms with Gasteiger partial charge in [0.1, 0.15) is 5.75 Å². The van der Waals surface area contributed by atoms with Crippen LogP contribution in [-0.2, 0) is 13.1 Å². The molecule has 2 rings (SSSR count). The van der Waals surface area contributed by atoms with Gasteiger partial charge < -0.3 is 10.1 Å². The Morgan fingerprint density at radius 2 is 2.17 bits per heavy atom. The number of hydrogen-bond acceptors (Lipinski definition) is 3. The van der Waals surface area contributed by atoms with Crippen LogP contribution in [0.3, 0.4) is 0 Å². The molecule has 0 aliphatic carbocycles. The van der Waals surface area contributed by atoms with Gasteiger partial charge in [0.2, 0.25) is 0 Å². The summed E-state index contributed by atoms with van der Waals surface area (Å²) in [6.45, 7) is 3.60. The Labute approximate surface area is 108 Å². The van der Waals surface area contributed by atoms with Crippen LogP contribution < -0.4 is 10.1 Å². The Kier molecular flexibility index (Phi) is 3.99. The van der Waals surface area contributed by atoms with Gasteiger partial charge in [-0.15, -0.1) is 0 Å². The molecule has 0 aliphatic rings. The summed E-state index contributed by atoms with van der Waals surface area (Å²) < 4.78 is 7.31. The monoisotopic (exact) mass is 245 g/mol. The Morgan fingerprint density at radius 1 is 1.33 bits per heavy atom. The van der Waals surface area contributed by atoms with E-state index in [1.807, 2.05) is 30.1 Å². The van der Waals surface area contributed by atoms with E-state index in [0.717, 1.165) is 30.1 Å². The van der Waals surface area contributed by atoms with E-state index in [1.165, 1.54) is 5.56 Å². The fraction of sp³-hybridized carbons (Fsp3) is 0.357. The van der Waals surface area contributed by atoms with Crippen LogP contribution in [0.25, 0.3) is 0 Å². The average molecular weight is 245 g/mol. The van der Waals surface area contributed by atoms with E-state index < -0.39 is 0 Å². The van der Waals surface area contributed by atoms with Crippen LogP contribution in [0.4, 0.5) is 0 Å². The maximum absolute atomic E-state index is 5.37. The first-order chi connectivity index (χ1) is 8.72. The quantitative estimate of drug-likeness (QED) is 0.875. The molecule has 1 aromatic heterocycles. The smallest absolute Gasteiger partial charge is 0.123 e. The lowest BCUT2D eigenvalue weighted by molar-refractivity contribution is 0.407. The van der Waals surface area contributed by atoms with Gasteiger partial charge in [0.15, 0.2) is 0 Å². The van der Waals surface area contributed by atoms with E-state index in [9.17, 15) is 0 Å². The zero-order valence-electron chi connectivity index (χ0n) is 11.1. The Bertz CT molecular complexity index is 520. The fourth-order valence-corrected chi connectivity index (χ4v) is 1.97. The van der Waals surface area contributed by atoms with E-state index in [2.05, 4.69) is 29.5 Å². The molecule has 96 valence electrons. The number of aryl methyl sites for hydroxylation is 1. The van der Waals surface area contributed by atoms with Gasteiger partial charge >= 0.3 is 0 Å². The number of hydrogen-bond donors (Lipinski definition) is 1. The number of methoxy groups -OCH3 is 1. The molecule has 1 aromatic carbocycles. The van der Waals surface area contributed by atoms with Crippen LogP contribution in [0.1, 0.15) is 16.8 Å². The molecule has 0 aliphatic heterocycles. The van der Waals surface area contributed by atoms with Crippen molar-refractivity contribution in [2.24, 2.45) is 0 Å². The first kappa shape index (κ1) is 12.6. The molecule has 0 fully saturated rings. The minimum Gasteiger partial charge on any atom is -0.496 e. The molecule has 1 N–H and O–H groups in total. The highest BCUT2D eigenvalue weighted by Gasteiger charge is 2.05. The third kappa shape index (κ3) is 2.90. The summed E-state index contributed by atoms with van der Waals surface area (Å²) in [7, 11) is 3.62. The predicted molar refractivity (Wildman–Crippen MR) is 71.8 cm³/mol. The first-order valence-corrected chi connectivity index (χ1v) is 6.03. The number of aromatic nitrogens is 2. The topological polar surface area (TPSA) is 39.1 Å². The molecular formula is C14H19N3O. The number of ether oxygens (including phenoxy) is 1. The second-order valence-corrected chi connectivity index (χ2v) is 4.35. The summed E-state index contributed by atoms with van der Waals surface area (Å²) in [5, 5.41) is 7.59. The van der Waals surface area contributed by atoms with Gasteiger partial charge in [-0.2, -0.15) is 5.10 Å². The van der Waals surface area contributed by atoms with Gasteiger partial charge in [0, 0.05) is 18.3 Å². The maximum atomic E-state index is 5.37. The molecule has 2 aromatic rings. The Balaban J connectivity index is 2.19. The normalized spacial score (nSPS) is 10.6.